The zero-order valence-electron chi connectivity index (χ0n) is 20.0. The molecule has 0 spiro atoms. The summed E-state index contributed by atoms with van der Waals surface area (Å²) in [6.45, 7) is 4.67. The molecule has 1 heterocycles. The Bertz CT molecular complexity index is 1500. The zero-order chi connectivity index (χ0) is 23.6. The van der Waals surface area contributed by atoms with Gasteiger partial charge >= 0.3 is 0 Å². The molecule has 0 saturated carbocycles. The summed E-state index contributed by atoms with van der Waals surface area (Å²) in [6, 6.07) is 32.9. The van der Waals surface area contributed by atoms with E-state index in [0.717, 1.165) is 11.4 Å². The summed E-state index contributed by atoms with van der Waals surface area (Å²) >= 11 is 0. The fourth-order valence-electron chi connectivity index (χ4n) is 6.02. The summed E-state index contributed by atoms with van der Waals surface area (Å²) in [5, 5.41) is 0. The van der Waals surface area contributed by atoms with E-state index in [-0.39, 0.29) is 17.6 Å². The Morgan fingerprint density at radius 3 is 2.26 bits per heavy atom. The van der Waals surface area contributed by atoms with Gasteiger partial charge in [0.2, 0.25) is 0 Å². The van der Waals surface area contributed by atoms with E-state index in [0.29, 0.717) is 0 Å². The van der Waals surface area contributed by atoms with Gasteiger partial charge in [0.1, 0.15) is 6.10 Å². The number of hydrogen-bond acceptors (Lipinski definition) is 2. The fraction of sp³-hybridized carbons (Fsp3) is 0.152. The van der Waals surface area contributed by atoms with Crippen LogP contribution in [0.2, 0.25) is 0 Å². The highest BCUT2D eigenvalue weighted by Gasteiger charge is 2.43. The van der Waals surface area contributed by atoms with Crippen molar-refractivity contribution in [3.8, 4) is 28.0 Å². The second kappa shape index (κ2) is 7.48. The lowest BCUT2D eigenvalue weighted by molar-refractivity contribution is 0.219. The number of hydrogen-bond donors (Lipinski definition) is 0. The van der Waals surface area contributed by atoms with E-state index in [9.17, 15) is 0 Å². The molecular formula is C33H27NO. The van der Waals surface area contributed by atoms with Crippen molar-refractivity contribution < 1.29 is 4.74 Å². The third-order valence-electron chi connectivity index (χ3n) is 7.78. The van der Waals surface area contributed by atoms with Gasteiger partial charge in [0.25, 0.3) is 0 Å². The Labute approximate surface area is 206 Å². The summed E-state index contributed by atoms with van der Waals surface area (Å²) in [5.74, 6) is 0.992. The molecule has 2 unspecified atom stereocenters. The first-order valence-corrected chi connectivity index (χ1v) is 12.4. The molecule has 0 saturated heterocycles. The predicted octanol–water partition coefficient (Wildman–Crippen LogP) is 8.05. The van der Waals surface area contributed by atoms with Gasteiger partial charge in [0, 0.05) is 16.7 Å². The molecule has 0 aromatic heterocycles. The first-order valence-electron chi connectivity index (χ1n) is 12.4. The van der Waals surface area contributed by atoms with E-state index in [4.69, 9.17) is 4.74 Å². The van der Waals surface area contributed by atoms with Gasteiger partial charge in [-0.15, -0.1) is 0 Å². The number of para-hydroxylation sites is 1. The number of benzene rings is 4. The van der Waals surface area contributed by atoms with Crippen LogP contribution < -0.4 is 9.64 Å². The predicted molar refractivity (Wildman–Crippen MR) is 145 cm³/mol. The van der Waals surface area contributed by atoms with Crippen molar-refractivity contribution in [3.63, 3.8) is 0 Å². The third-order valence-corrected chi connectivity index (χ3v) is 7.78. The topological polar surface area (TPSA) is 12.5 Å². The summed E-state index contributed by atoms with van der Waals surface area (Å²) in [7, 11) is 0. The third kappa shape index (κ3) is 2.96. The lowest BCUT2D eigenvalue weighted by Crippen LogP contribution is -2.46. The van der Waals surface area contributed by atoms with Gasteiger partial charge in [-0.25, -0.2) is 0 Å². The van der Waals surface area contributed by atoms with Gasteiger partial charge in [-0.05, 0) is 58.2 Å². The number of rotatable bonds is 2. The molecule has 2 heteroatoms. The molecule has 2 nitrogen and oxygen atoms in total. The van der Waals surface area contributed by atoms with Gasteiger partial charge in [-0.1, -0.05) is 98.8 Å². The molecule has 3 aliphatic rings. The van der Waals surface area contributed by atoms with Crippen LogP contribution in [0.5, 0.6) is 5.75 Å². The van der Waals surface area contributed by atoms with Crippen LogP contribution in [-0.4, -0.2) is 12.1 Å². The van der Waals surface area contributed by atoms with Gasteiger partial charge in [-0.2, -0.15) is 0 Å². The van der Waals surface area contributed by atoms with Crippen molar-refractivity contribution in [2.75, 3.05) is 4.90 Å². The van der Waals surface area contributed by atoms with Crippen molar-refractivity contribution in [1.82, 2.24) is 0 Å². The van der Waals surface area contributed by atoms with Gasteiger partial charge < -0.3 is 9.64 Å². The lowest BCUT2D eigenvalue weighted by Gasteiger charge is -2.43. The van der Waals surface area contributed by atoms with Crippen LogP contribution in [0, 0.1) is 0 Å². The molecule has 4 aromatic rings. The molecule has 2 atom stereocenters. The molecule has 1 aliphatic heterocycles. The van der Waals surface area contributed by atoms with Crippen LogP contribution in [0.3, 0.4) is 0 Å². The van der Waals surface area contributed by atoms with Crippen molar-refractivity contribution in [2.45, 2.75) is 31.4 Å². The molecule has 0 radical (unpaired) electrons. The summed E-state index contributed by atoms with van der Waals surface area (Å²) in [5.41, 5.74) is 9.92. The quantitative estimate of drug-likeness (QED) is 0.304. The molecule has 0 N–H and O–H groups in total. The lowest BCUT2D eigenvalue weighted by atomic mass is 9.81. The molecule has 0 amide bonds. The Morgan fingerprint density at radius 2 is 1.46 bits per heavy atom. The minimum atomic E-state index is -0.107. The van der Waals surface area contributed by atoms with Gasteiger partial charge in [0.05, 0.1) is 11.7 Å². The van der Waals surface area contributed by atoms with Crippen molar-refractivity contribution in [2.24, 2.45) is 0 Å². The molecule has 4 aromatic carbocycles. The van der Waals surface area contributed by atoms with Crippen LogP contribution in [0.15, 0.2) is 115 Å². The largest absolute Gasteiger partial charge is 0.481 e. The molecular weight excluding hydrogens is 426 g/mol. The van der Waals surface area contributed by atoms with Crippen LogP contribution in [-0.2, 0) is 5.41 Å². The number of allylic oxidation sites excluding steroid dienone is 2. The highest BCUT2D eigenvalue weighted by Crippen LogP contribution is 2.57. The van der Waals surface area contributed by atoms with Crippen molar-refractivity contribution in [1.29, 1.82) is 0 Å². The van der Waals surface area contributed by atoms with Crippen LogP contribution in [0.4, 0.5) is 11.4 Å². The van der Waals surface area contributed by atoms with E-state index in [1.165, 1.54) is 39.1 Å². The Balaban J connectivity index is 1.45. The summed E-state index contributed by atoms with van der Waals surface area (Å²) in [6.07, 6.45) is 8.63. The molecule has 7 rings (SSSR count). The highest BCUT2D eigenvalue weighted by molar-refractivity contribution is 5.92. The van der Waals surface area contributed by atoms with E-state index < -0.39 is 0 Å². The van der Waals surface area contributed by atoms with E-state index in [1.54, 1.807) is 0 Å². The van der Waals surface area contributed by atoms with Crippen LogP contribution >= 0.6 is 0 Å². The van der Waals surface area contributed by atoms with Crippen molar-refractivity contribution in [3.05, 3.63) is 126 Å². The van der Waals surface area contributed by atoms with Gasteiger partial charge in [-0.3, -0.25) is 0 Å². The molecule has 2 aliphatic carbocycles. The SMILES string of the molecule is CC1(C)c2cc(-c3ccccc3)ccc2-c2c1ccc1c2OC2C=CC=CC2N1c1ccccc1. The zero-order valence-corrected chi connectivity index (χ0v) is 20.0. The van der Waals surface area contributed by atoms with E-state index >= 15 is 0 Å². The first kappa shape index (κ1) is 20.3. The molecule has 0 fully saturated rings. The Hall–Kier alpha value is -4.04. The standard InChI is InChI=1S/C33H27NO/c1-33(2)26-19-20-29-32(31(26)25-18-17-23(21-27(25)33)22-11-5-3-6-12-22)35-30-16-10-9-15-28(30)34(29)24-13-7-4-8-14-24/h3-21,28,30H,1-2H3. The Kier molecular flexibility index (Phi) is 4.35. The minimum absolute atomic E-state index is 0.0324. The second-order valence-electron chi connectivity index (χ2n) is 10.1. The smallest absolute Gasteiger partial charge is 0.152 e. The normalized spacial score (nSPS) is 20.5. The van der Waals surface area contributed by atoms with Gasteiger partial charge in [0.15, 0.2) is 5.75 Å². The second-order valence-corrected chi connectivity index (χ2v) is 10.1. The average Bonchev–Trinajstić information content (AvgIpc) is 3.14. The monoisotopic (exact) mass is 453 g/mol. The number of nitrogens with zero attached hydrogens (tertiary/aromatic N) is 1. The number of fused-ring (bicyclic) bond motifs is 6. The van der Waals surface area contributed by atoms with E-state index in [1.807, 2.05) is 0 Å². The minimum Gasteiger partial charge on any atom is -0.481 e. The summed E-state index contributed by atoms with van der Waals surface area (Å²) < 4.78 is 6.82. The van der Waals surface area contributed by atoms with Crippen LogP contribution in [0.25, 0.3) is 22.3 Å². The molecule has 35 heavy (non-hydrogen) atoms. The first-order chi connectivity index (χ1) is 17.1. The number of ether oxygens (including phenoxy) is 1. The fourth-order valence-corrected chi connectivity index (χ4v) is 6.02. The molecule has 0 bridgehead atoms. The average molecular weight is 454 g/mol. The van der Waals surface area contributed by atoms with Crippen LogP contribution in [0.1, 0.15) is 25.0 Å². The maximum atomic E-state index is 6.82. The highest BCUT2D eigenvalue weighted by atomic mass is 16.5. The number of anilines is 2. The maximum absolute atomic E-state index is 6.82. The summed E-state index contributed by atoms with van der Waals surface area (Å²) in [4.78, 5) is 2.44. The Morgan fingerprint density at radius 1 is 0.714 bits per heavy atom. The van der Waals surface area contributed by atoms with E-state index in [2.05, 4.69) is 134 Å². The van der Waals surface area contributed by atoms with Crippen molar-refractivity contribution >= 4 is 11.4 Å². The molecule has 170 valence electrons. The maximum Gasteiger partial charge on any atom is 0.152 e.